The second-order valence-electron chi connectivity index (χ2n) is 6.02. The van der Waals surface area contributed by atoms with Crippen LogP contribution in [0.25, 0.3) is 11.0 Å². The highest BCUT2D eigenvalue weighted by Crippen LogP contribution is 2.21. The lowest BCUT2D eigenvalue weighted by atomic mass is 9.95. The summed E-state index contributed by atoms with van der Waals surface area (Å²) < 4.78 is 1.87. The summed E-state index contributed by atoms with van der Waals surface area (Å²) in [7, 11) is 0. The molecule has 0 aliphatic heterocycles. The molecule has 2 aromatic heterocycles. The van der Waals surface area contributed by atoms with Crippen LogP contribution >= 0.6 is 0 Å². The fourth-order valence-electron chi connectivity index (χ4n) is 1.70. The summed E-state index contributed by atoms with van der Waals surface area (Å²) in [6.07, 6.45) is 3.45. The van der Waals surface area contributed by atoms with Crippen LogP contribution in [0, 0.1) is 5.41 Å². The van der Waals surface area contributed by atoms with Crippen molar-refractivity contribution in [3.8, 4) is 0 Å². The highest BCUT2D eigenvalue weighted by atomic mass is 16.2. The number of hydrogen-bond donors (Lipinski definition) is 1. The molecule has 0 unspecified atom stereocenters. The minimum Gasteiger partial charge on any atom is -0.324 e. The Bertz CT molecular complexity index is 607. The molecule has 19 heavy (non-hydrogen) atoms. The Labute approximate surface area is 113 Å². The van der Waals surface area contributed by atoms with Crippen LogP contribution in [0.5, 0.6) is 0 Å². The number of hydrogen-bond acceptors (Lipinski definition) is 3. The fraction of sp³-hybridized carbons (Fsp3) is 0.500. The molecule has 0 atom stereocenters. The average molecular weight is 260 g/mol. The largest absolute Gasteiger partial charge is 0.324 e. The van der Waals surface area contributed by atoms with Gasteiger partial charge in [-0.3, -0.25) is 4.79 Å². The van der Waals surface area contributed by atoms with Crippen LogP contribution in [0.1, 0.15) is 40.7 Å². The lowest BCUT2D eigenvalue weighted by Crippen LogP contribution is -2.27. The summed E-state index contributed by atoms with van der Waals surface area (Å²) >= 11 is 0. The second-order valence-corrected chi connectivity index (χ2v) is 6.02. The van der Waals surface area contributed by atoms with Crippen molar-refractivity contribution < 1.29 is 4.79 Å². The van der Waals surface area contributed by atoms with Crippen LogP contribution in [-0.2, 0) is 4.79 Å². The Kier molecular flexibility index (Phi) is 3.30. The van der Waals surface area contributed by atoms with Gasteiger partial charge in [-0.1, -0.05) is 20.8 Å². The van der Waals surface area contributed by atoms with E-state index in [2.05, 4.69) is 29.2 Å². The van der Waals surface area contributed by atoms with Crippen LogP contribution in [0.2, 0.25) is 0 Å². The number of carbonyl (C=O) groups excluding carboxylic acids is 1. The van der Waals surface area contributed by atoms with Crippen molar-refractivity contribution >= 4 is 22.6 Å². The standard InChI is InChI=1S/C14H20N4O/c1-9(2)18-12-10(7-16-18)6-11(8-15-12)17-13(19)14(3,4)5/h6-9H,1-5H3,(H,17,19). The van der Waals surface area contributed by atoms with E-state index in [1.807, 2.05) is 31.5 Å². The molecule has 2 rings (SSSR count). The van der Waals surface area contributed by atoms with Crippen LogP contribution in [0.15, 0.2) is 18.5 Å². The number of aromatic nitrogens is 3. The Morgan fingerprint density at radius 1 is 1.32 bits per heavy atom. The van der Waals surface area contributed by atoms with E-state index in [1.54, 1.807) is 12.4 Å². The molecule has 2 aromatic rings. The fourth-order valence-corrected chi connectivity index (χ4v) is 1.70. The number of anilines is 1. The van der Waals surface area contributed by atoms with Gasteiger partial charge in [-0.15, -0.1) is 0 Å². The van der Waals surface area contributed by atoms with Gasteiger partial charge in [0.1, 0.15) is 0 Å². The van der Waals surface area contributed by atoms with Crippen LogP contribution in [-0.4, -0.2) is 20.7 Å². The van der Waals surface area contributed by atoms with Crippen molar-refractivity contribution in [3.63, 3.8) is 0 Å². The van der Waals surface area contributed by atoms with Crippen molar-refractivity contribution in [1.82, 2.24) is 14.8 Å². The summed E-state index contributed by atoms with van der Waals surface area (Å²) in [6, 6.07) is 2.16. The van der Waals surface area contributed by atoms with E-state index >= 15 is 0 Å². The monoisotopic (exact) mass is 260 g/mol. The number of rotatable bonds is 2. The van der Waals surface area contributed by atoms with Crippen LogP contribution in [0.3, 0.4) is 0 Å². The Balaban J connectivity index is 2.31. The van der Waals surface area contributed by atoms with Gasteiger partial charge in [-0.05, 0) is 19.9 Å². The summed E-state index contributed by atoms with van der Waals surface area (Å²) in [5.41, 5.74) is 1.12. The third kappa shape index (κ3) is 2.75. The van der Waals surface area contributed by atoms with E-state index in [4.69, 9.17) is 0 Å². The molecule has 0 aliphatic rings. The van der Waals surface area contributed by atoms with E-state index in [0.29, 0.717) is 5.69 Å². The zero-order chi connectivity index (χ0) is 14.2. The second kappa shape index (κ2) is 4.64. The summed E-state index contributed by atoms with van der Waals surface area (Å²) in [5, 5.41) is 8.11. The van der Waals surface area contributed by atoms with Crippen LogP contribution < -0.4 is 5.32 Å². The van der Waals surface area contributed by atoms with Gasteiger partial charge < -0.3 is 5.32 Å². The third-order valence-electron chi connectivity index (χ3n) is 2.86. The summed E-state index contributed by atoms with van der Waals surface area (Å²) in [6.45, 7) is 9.76. The molecule has 1 amide bonds. The minimum atomic E-state index is -0.420. The van der Waals surface area contributed by atoms with Gasteiger partial charge in [0.25, 0.3) is 0 Å². The van der Waals surface area contributed by atoms with Gasteiger partial charge in [0.05, 0.1) is 18.1 Å². The molecule has 1 N–H and O–H groups in total. The Hall–Kier alpha value is -1.91. The third-order valence-corrected chi connectivity index (χ3v) is 2.86. The topological polar surface area (TPSA) is 59.8 Å². The lowest BCUT2D eigenvalue weighted by Gasteiger charge is -2.17. The van der Waals surface area contributed by atoms with Crippen LogP contribution in [0.4, 0.5) is 5.69 Å². The Morgan fingerprint density at radius 2 is 2.00 bits per heavy atom. The van der Waals surface area contributed by atoms with E-state index < -0.39 is 5.41 Å². The molecule has 5 heteroatoms. The molecule has 2 heterocycles. The SMILES string of the molecule is CC(C)n1ncc2cc(NC(=O)C(C)(C)C)cnc21. The molecule has 0 aliphatic carbocycles. The number of pyridine rings is 1. The Morgan fingerprint density at radius 3 is 2.58 bits per heavy atom. The first-order valence-electron chi connectivity index (χ1n) is 6.44. The highest BCUT2D eigenvalue weighted by molar-refractivity contribution is 5.95. The van der Waals surface area contributed by atoms with Crippen molar-refractivity contribution in [1.29, 1.82) is 0 Å². The molecular weight excluding hydrogens is 240 g/mol. The van der Waals surface area contributed by atoms with Gasteiger partial charge in [-0.2, -0.15) is 5.10 Å². The quantitative estimate of drug-likeness (QED) is 0.903. The zero-order valence-electron chi connectivity index (χ0n) is 12.1. The number of fused-ring (bicyclic) bond motifs is 1. The summed E-state index contributed by atoms with van der Waals surface area (Å²) in [5.74, 6) is -0.0232. The molecule has 102 valence electrons. The van der Waals surface area contributed by atoms with E-state index in [9.17, 15) is 4.79 Å². The first-order valence-corrected chi connectivity index (χ1v) is 6.44. The number of nitrogens with zero attached hydrogens (tertiary/aromatic N) is 3. The number of amides is 1. The van der Waals surface area contributed by atoms with Gasteiger partial charge in [0, 0.05) is 16.8 Å². The molecule has 0 bridgehead atoms. The maximum atomic E-state index is 11.9. The maximum Gasteiger partial charge on any atom is 0.229 e. The highest BCUT2D eigenvalue weighted by Gasteiger charge is 2.21. The molecule has 0 aromatic carbocycles. The van der Waals surface area contributed by atoms with E-state index in [0.717, 1.165) is 11.0 Å². The molecule has 0 saturated heterocycles. The first-order chi connectivity index (χ1) is 8.79. The predicted molar refractivity (Wildman–Crippen MR) is 76.0 cm³/mol. The lowest BCUT2D eigenvalue weighted by molar-refractivity contribution is -0.123. The molecular formula is C14H20N4O. The number of carbonyl (C=O) groups is 1. The van der Waals surface area contributed by atoms with Crippen molar-refractivity contribution in [3.05, 3.63) is 18.5 Å². The van der Waals surface area contributed by atoms with Gasteiger partial charge in [0.2, 0.25) is 5.91 Å². The molecule has 5 nitrogen and oxygen atoms in total. The average Bonchev–Trinajstić information content (AvgIpc) is 2.70. The summed E-state index contributed by atoms with van der Waals surface area (Å²) in [4.78, 5) is 16.3. The molecule has 0 radical (unpaired) electrons. The maximum absolute atomic E-state index is 11.9. The smallest absolute Gasteiger partial charge is 0.229 e. The van der Waals surface area contributed by atoms with E-state index in [1.165, 1.54) is 0 Å². The van der Waals surface area contributed by atoms with E-state index in [-0.39, 0.29) is 11.9 Å². The van der Waals surface area contributed by atoms with Crippen molar-refractivity contribution in [2.24, 2.45) is 5.41 Å². The molecule has 0 spiro atoms. The van der Waals surface area contributed by atoms with Gasteiger partial charge >= 0.3 is 0 Å². The molecule has 0 saturated carbocycles. The molecule has 0 fully saturated rings. The zero-order valence-corrected chi connectivity index (χ0v) is 12.1. The normalized spacial score (nSPS) is 12.1. The van der Waals surface area contributed by atoms with Crippen molar-refractivity contribution in [2.75, 3.05) is 5.32 Å². The van der Waals surface area contributed by atoms with Gasteiger partial charge in [0.15, 0.2) is 5.65 Å². The predicted octanol–water partition coefficient (Wildman–Crippen LogP) is 3.00. The number of nitrogens with one attached hydrogen (secondary N) is 1. The first kappa shape index (κ1) is 13.5. The van der Waals surface area contributed by atoms with Gasteiger partial charge in [-0.25, -0.2) is 9.67 Å². The van der Waals surface area contributed by atoms with Crippen molar-refractivity contribution in [2.45, 2.75) is 40.7 Å². The minimum absolute atomic E-state index is 0.0232.